The van der Waals surface area contributed by atoms with Crippen LogP contribution >= 0.6 is 22.9 Å². The quantitative estimate of drug-likeness (QED) is 0.724. The molecule has 0 aliphatic carbocycles. The van der Waals surface area contributed by atoms with Gasteiger partial charge in [0.25, 0.3) is 0 Å². The van der Waals surface area contributed by atoms with Crippen molar-refractivity contribution in [2.75, 3.05) is 5.32 Å². The van der Waals surface area contributed by atoms with Crippen LogP contribution < -0.4 is 5.32 Å². The van der Waals surface area contributed by atoms with E-state index in [1.807, 2.05) is 23.6 Å². The number of anilines is 1. The largest absolute Gasteiger partial charge is 0.326 e. The van der Waals surface area contributed by atoms with Crippen molar-refractivity contribution >= 4 is 34.5 Å². The molecule has 0 radical (unpaired) electrons. The van der Waals surface area contributed by atoms with Crippen LogP contribution in [0, 0.1) is 5.82 Å². The minimum Gasteiger partial charge on any atom is -0.326 e. The first-order chi connectivity index (χ1) is 11.6. The highest BCUT2D eigenvalue weighted by atomic mass is 35.5. The smallest absolute Gasteiger partial charge is 0.224 e. The number of pyridine rings is 1. The topological polar surface area (TPSA) is 54.9 Å². The number of hydrogen-bond donors (Lipinski definition) is 1. The van der Waals surface area contributed by atoms with Crippen LogP contribution in [0.25, 0.3) is 10.7 Å². The Morgan fingerprint density at radius 1 is 1.29 bits per heavy atom. The van der Waals surface area contributed by atoms with E-state index in [1.54, 1.807) is 6.20 Å². The molecular weight excluding hydrogens is 349 g/mol. The molecule has 2 heterocycles. The van der Waals surface area contributed by atoms with E-state index in [0.29, 0.717) is 12.1 Å². The van der Waals surface area contributed by atoms with E-state index in [-0.39, 0.29) is 17.4 Å². The van der Waals surface area contributed by atoms with Crippen LogP contribution in [0.4, 0.5) is 10.1 Å². The molecule has 1 N–H and O–H groups in total. The van der Waals surface area contributed by atoms with E-state index >= 15 is 0 Å². The van der Waals surface area contributed by atoms with Gasteiger partial charge in [0.05, 0.1) is 16.4 Å². The van der Waals surface area contributed by atoms with Crippen LogP contribution in [-0.2, 0) is 11.2 Å². The summed E-state index contributed by atoms with van der Waals surface area (Å²) >= 11 is 7.19. The van der Waals surface area contributed by atoms with Crippen molar-refractivity contribution in [1.29, 1.82) is 0 Å². The summed E-state index contributed by atoms with van der Waals surface area (Å²) in [5.74, 6) is -0.691. The van der Waals surface area contributed by atoms with Gasteiger partial charge in [0.1, 0.15) is 10.8 Å². The van der Waals surface area contributed by atoms with Gasteiger partial charge in [0.2, 0.25) is 5.91 Å². The maximum absolute atomic E-state index is 13.1. The van der Waals surface area contributed by atoms with Crippen LogP contribution in [0.5, 0.6) is 0 Å². The molecule has 24 heavy (non-hydrogen) atoms. The third-order valence-corrected chi connectivity index (χ3v) is 4.45. The minimum absolute atomic E-state index is 0.0210. The number of hydrogen-bond acceptors (Lipinski definition) is 4. The van der Waals surface area contributed by atoms with Gasteiger partial charge in [-0.3, -0.25) is 9.78 Å². The van der Waals surface area contributed by atoms with Crippen LogP contribution in [0.1, 0.15) is 12.1 Å². The lowest BCUT2D eigenvalue weighted by atomic mass is 10.2. The maximum Gasteiger partial charge on any atom is 0.224 e. The zero-order chi connectivity index (χ0) is 16.9. The fourth-order valence-electron chi connectivity index (χ4n) is 2.07. The van der Waals surface area contributed by atoms with Crippen molar-refractivity contribution in [3.63, 3.8) is 0 Å². The normalized spacial score (nSPS) is 10.6. The summed E-state index contributed by atoms with van der Waals surface area (Å²) in [6.45, 7) is 0. The van der Waals surface area contributed by atoms with E-state index in [9.17, 15) is 9.18 Å². The Bertz CT molecular complexity index is 854. The number of nitrogens with one attached hydrogen (secondary N) is 1. The zero-order valence-electron chi connectivity index (χ0n) is 12.5. The molecule has 0 unspecified atom stereocenters. The molecule has 2 aromatic heterocycles. The van der Waals surface area contributed by atoms with Crippen LogP contribution in [-0.4, -0.2) is 15.9 Å². The van der Waals surface area contributed by atoms with Gasteiger partial charge >= 0.3 is 0 Å². The Labute approximate surface area is 147 Å². The van der Waals surface area contributed by atoms with Crippen LogP contribution in [0.3, 0.4) is 0 Å². The summed E-state index contributed by atoms with van der Waals surface area (Å²) in [6.07, 6.45) is 2.52. The molecular formula is C17H13ClFN3OS. The molecule has 3 rings (SSSR count). The lowest BCUT2D eigenvalue weighted by molar-refractivity contribution is -0.116. The number of carbonyl (C=O) groups excluding carboxylic acids is 1. The highest BCUT2D eigenvalue weighted by Crippen LogP contribution is 2.22. The highest BCUT2D eigenvalue weighted by molar-refractivity contribution is 7.13. The van der Waals surface area contributed by atoms with Gasteiger partial charge < -0.3 is 5.32 Å². The first-order valence-corrected chi connectivity index (χ1v) is 8.48. The first kappa shape index (κ1) is 16.5. The highest BCUT2D eigenvalue weighted by Gasteiger charge is 2.09. The second-order valence-corrected chi connectivity index (χ2v) is 6.30. The number of amides is 1. The number of thiazole rings is 1. The van der Waals surface area contributed by atoms with Crippen molar-refractivity contribution in [2.24, 2.45) is 0 Å². The predicted molar refractivity (Wildman–Crippen MR) is 93.7 cm³/mol. The fourth-order valence-corrected chi connectivity index (χ4v) is 3.08. The molecule has 1 aromatic carbocycles. The number of halogens is 2. The molecule has 4 nitrogen and oxygen atoms in total. The molecule has 7 heteroatoms. The standard InChI is InChI=1S/C17H13ClFN3OS/c18-13-9-11(4-6-14(13)19)21-16(23)7-5-12-10-24-17(22-12)15-3-1-2-8-20-15/h1-4,6,8-10H,5,7H2,(H,21,23). The van der Waals surface area contributed by atoms with Crippen LogP contribution in [0.15, 0.2) is 48.0 Å². The summed E-state index contributed by atoms with van der Waals surface area (Å²) in [6, 6.07) is 9.73. The van der Waals surface area contributed by atoms with E-state index in [2.05, 4.69) is 15.3 Å². The minimum atomic E-state index is -0.515. The average molecular weight is 362 g/mol. The molecule has 0 aliphatic rings. The van der Waals surface area contributed by atoms with Gasteiger partial charge in [-0.15, -0.1) is 11.3 Å². The zero-order valence-corrected chi connectivity index (χ0v) is 14.1. The molecule has 3 aromatic rings. The lowest BCUT2D eigenvalue weighted by Gasteiger charge is -2.05. The molecule has 0 spiro atoms. The Kier molecular flexibility index (Phi) is 5.17. The fraction of sp³-hybridized carbons (Fsp3) is 0.118. The Morgan fingerprint density at radius 3 is 2.92 bits per heavy atom. The van der Waals surface area contributed by atoms with Gasteiger partial charge in [-0.05, 0) is 36.8 Å². The molecule has 1 amide bonds. The number of rotatable bonds is 5. The Morgan fingerprint density at radius 2 is 2.17 bits per heavy atom. The third kappa shape index (κ3) is 4.15. The molecule has 0 saturated heterocycles. The second-order valence-electron chi connectivity index (χ2n) is 5.04. The van der Waals surface area contributed by atoms with Crippen molar-refractivity contribution in [2.45, 2.75) is 12.8 Å². The Balaban J connectivity index is 1.56. The predicted octanol–water partition coefficient (Wildman–Crippen LogP) is 4.57. The summed E-state index contributed by atoms with van der Waals surface area (Å²) in [5, 5.41) is 5.42. The van der Waals surface area contributed by atoms with Crippen LogP contribution in [0.2, 0.25) is 5.02 Å². The molecule has 0 bridgehead atoms. The van der Waals surface area contributed by atoms with Gasteiger partial charge in [0, 0.05) is 23.7 Å². The summed E-state index contributed by atoms with van der Waals surface area (Å²) in [4.78, 5) is 20.7. The van der Waals surface area contributed by atoms with E-state index in [1.165, 1.54) is 29.5 Å². The van der Waals surface area contributed by atoms with E-state index in [4.69, 9.17) is 11.6 Å². The molecule has 0 saturated carbocycles. The van der Waals surface area contributed by atoms with Crippen molar-refractivity contribution in [1.82, 2.24) is 9.97 Å². The molecule has 0 fully saturated rings. The molecule has 0 aliphatic heterocycles. The van der Waals surface area contributed by atoms with Crippen molar-refractivity contribution < 1.29 is 9.18 Å². The SMILES string of the molecule is O=C(CCc1csc(-c2ccccn2)n1)Nc1ccc(F)c(Cl)c1. The van der Waals surface area contributed by atoms with Gasteiger partial charge in [-0.25, -0.2) is 9.37 Å². The van der Waals surface area contributed by atoms with Gasteiger partial charge in [-0.1, -0.05) is 17.7 Å². The number of nitrogens with zero attached hydrogens (tertiary/aromatic N) is 2. The van der Waals surface area contributed by atoms with E-state index in [0.717, 1.165) is 16.4 Å². The summed E-state index contributed by atoms with van der Waals surface area (Å²) in [7, 11) is 0. The average Bonchev–Trinajstić information content (AvgIpc) is 3.06. The Hall–Kier alpha value is -2.31. The maximum atomic E-state index is 13.1. The van der Waals surface area contributed by atoms with Gasteiger partial charge in [0.15, 0.2) is 0 Å². The number of carbonyl (C=O) groups is 1. The number of aryl methyl sites for hydroxylation is 1. The van der Waals surface area contributed by atoms with Crippen molar-refractivity contribution in [3.8, 4) is 10.7 Å². The third-order valence-electron chi connectivity index (χ3n) is 3.25. The first-order valence-electron chi connectivity index (χ1n) is 7.22. The van der Waals surface area contributed by atoms with Crippen molar-refractivity contribution in [3.05, 3.63) is 64.5 Å². The lowest BCUT2D eigenvalue weighted by Crippen LogP contribution is -2.12. The molecule has 122 valence electrons. The van der Waals surface area contributed by atoms with E-state index < -0.39 is 5.82 Å². The summed E-state index contributed by atoms with van der Waals surface area (Å²) < 4.78 is 13.1. The number of benzene rings is 1. The monoisotopic (exact) mass is 361 g/mol. The van der Waals surface area contributed by atoms with Gasteiger partial charge in [-0.2, -0.15) is 0 Å². The summed E-state index contributed by atoms with van der Waals surface area (Å²) in [5.41, 5.74) is 2.13. The molecule has 0 atom stereocenters. The second kappa shape index (κ2) is 7.51. The number of aromatic nitrogens is 2.